The fraction of sp³-hybridized carbons (Fsp3) is 0.533. The Bertz CT molecular complexity index is 480. The molecule has 1 aliphatic rings. The zero-order chi connectivity index (χ0) is 14.7. The summed E-state index contributed by atoms with van der Waals surface area (Å²) >= 11 is 0. The van der Waals surface area contributed by atoms with Crippen LogP contribution in [0.15, 0.2) is 18.2 Å². The molecule has 1 aromatic rings. The number of likely N-dealkylation sites (tertiary alicyclic amines) is 1. The number of carboxylic acids is 1. The Hall–Kier alpha value is -1.75. The maximum absolute atomic E-state index is 11.2. The molecule has 0 aromatic heterocycles. The summed E-state index contributed by atoms with van der Waals surface area (Å²) in [6.07, 6.45) is 1.91. The summed E-state index contributed by atoms with van der Waals surface area (Å²) in [5, 5.41) is 9.19. The van der Waals surface area contributed by atoms with E-state index in [0.717, 1.165) is 25.9 Å². The predicted octanol–water partition coefficient (Wildman–Crippen LogP) is 2.22. The van der Waals surface area contributed by atoms with Crippen molar-refractivity contribution in [1.82, 2.24) is 4.90 Å². The van der Waals surface area contributed by atoms with E-state index in [1.54, 1.807) is 12.1 Å². The zero-order valence-corrected chi connectivity index (χ0v) is 12.0. The van der Waals surface area contributed by atoms with Gasteiger partial charge in [0.25, 0.3) is 0 Å². The molecule has 5 heteroatoms. The molecule has 2 rings (SSSR count). The molecule has 0 unspecified atom stereocenters. The molecule has 110 valence electrons. The Labute approximate surface area is 119 Å². The number of carboxylic acid groups (broad SMARTS) is 1. The molecule has 3 N–H and O–H groups in total. The van der Waals surface area contributed by atoms with Crippen molar-refractivity contribution in [2.24, 2.45) is 0 Å². The number of piperidine rings is 1. The van der Waals surface area contributed by atoms with E-state index in [1.807, 2.05) is 0 Å². The highest BCUT2D eigenvalue weighted by atomic mass is 16.5. The molecule has 0 bridgehead atoms. The second-order valence-electron chi connectivity index (χ2n) is 5.51. The molecule has 0 spiro atoms. The van der Waals surface area contributed by atoms with Crippen LogP contribution in [0.5, 0.6) is 5.75 Å². The molecule has 0 amide bonds. The van der Waals surface area contributed by atoms with E-state index in [2.05, 4.69) is 18.7 Å². The first-order valence-corrected chi connectivity index (χ1v) is 7.01. The molecule has 0 saturated carbocycles. The molecule has 0 atom stereocenters. The van der Waals surface area contributed by atoms with E-state index in [-0.39, 0.29) is 11.7 Å². The van der Waals surface area contributed by atoms with Crippen LogP contribution in [0.3, 0.4) is 0 Å². The number of aromatic carboxylic acids is 1. The Balaban J connectivity index is 2.03. The van der Waals surface area contributed by atoms with Gasteiger partial charge in [0.05, 0.1) is 0 Å². The minimum Gasteiger partial charge on any atom is -0.489 e. The average molecular weight is 278 g/mol. The Morgan fingerprint density at radius 1 is 1.40 bits per heavy atom. The first kappa shape index (κ1) is 14.7. The molecule has 1 aromatic carbocycles. The number of carbonyl (C=O) groups is 1. The molecular formula is C15H22N2O3. The van der Waals surface area contributed by atoms with Crippen molar-refractivity contribution in [1.29, 1.82) is 0 Å². The lowest BCUT2D eigenvalue weighted by atomic mass is 10.1. The average Bonchev–Trinajstić information content (AvgIpc) is 2.41. The van der Waals surface area contributed by atoms with E-state index in [4.69, 9.17) is 10.5 Å². The monoisotopic (exact) mass is 278 g/mol. The third kappa shape index (κ3) is 3.42. The van der Waals surface area contributed by atoms with Gasteiger partial charge < -0.3 is 20.5 Å². The van der Waals surface area contributed by atoms with E-state index < -0.39 is 5.97 Å². The number of nitrogens with two attached hydrogens (primary N) is 1. The lowest BCUT2D eigenvalue weighted by Crippen LogP contribution is -2.41. The predicted molar refractivity (Wildman–Crippen MR) is 78.2 cm³/mol. The summed E-state index contributed by atoms with van der Waals surface area (Å²) in [7, 11) is 0. The standard InChI is InChI=1S/C15H22N2O3/c1-10(2)17-7-5-12(6-8-17)20-14-4-3-11(16)9-13(14)15(18)19/h3-4,9-10,12H,5-8,16H2,1-2H3,(H,18,19). The molecule has 1 aliphatic heterocycles. The fourth-order valence-corrected chi connectivity index (χ4v) is 2.51. The van der Waals surface area contributed by atoms with Crippen molar-refractivity contribution >= 4 is 11.7 Å². The molecule has 20 heavy (non-hydrogen) atoms. The van der Waals surface area contributed by atoms with Gasteiger partial charge in [-0.2, -0.15) is 0 Å². The minimum absolute atomic E-state index is 0.0757. The molecule has 1 saturated heterocycles. The van der Waals surface area contributed by atoms with E-state index in [0.29, 0.717) is 17.5 Å². The van der Waals surface area contributed by atoms with Crippen LogP contribution in [-0.2, 0) is 0 Å². The number of anilines is 1. The van der Waals surface area contributed by atoms with Crippen molar-refractivity contribution in [3.8, 4) is 5.75 Å². The van der Waals surface area contributed by atoms with Crippen LogP contribution < -0.4 is 10.5 Å². The smallest absolute Gasteiger partial charge is 0.339 e. The van der Waals surface area contributed by atoms with Crippen molar-refractivity contribution in [3.63, 3.8) is 0 Å². The van der Waals surface area contributed by atoms with Gasteiger partial charge in [0.15, 0.2) is 0 Å². The van der Waals surface area contributed by atoms with Crippen LogP contribution in [0.1, 0.15) is 37.0 Å². The number of nitrogen functional groups attached to an aromatic ring is 1. The molecule has 0 aliphatic carbocycles. The van der Waals surface area contributed by atoms with Crippen LogP contribution in [0.4, 0.5) is 5.69 Å². The summed E-state index contributed by atoms with van der Waals surface area (Å²) in [5.74, 6) is -0.596. The Morgan fingerprint density at radius 3 is 2.60 bits per heavy atom. The summed E-state index contributed by atoms with van der Waals surface area (Å²) in [6.45, 7) is 6.34. The maximum atomic E-state index is 11.2. The molecule has 0 radical (unpaired) electrons. The second kappa shape index (κ2) is 6.13. The summed E-state index contributed by atoms with van der Waals surface area (Å²) in [6, 6.07) is 5.31. The van der Waals surface area contributed by atoms with Gasteiger partial charge in [-0.05, 0) is 44.9 Å². The largest absolute Gasteiger partial charge is 0.489 e. The van der Waals surface area contributed by atoms with Crippen molar-refractivity contribution in [2.75, 3.05) is 18.8 Å². The second-order valence-corrected chi connectivity index (χ2v) is 5.51. The number of hydrogen-bond acceptors (Lipinski definition) is 4. The topological polar surface area (TPSA) is 75.8 Å². The fourth-order valence-electron chi connectivity index (χ4n) is 2.51. The minimum atomic E-state index is -1.01. The number of benzene rings is 1. The summed E-state index contributed by atoms with van der Waals surface area (Å²) < 4.78 is 5.87. The van der Waals surface area contributed by atoms with E-state index >= 15 is 0 Å². The van der Waals surface area contributed by atoms with Gasteiger partial charge >= 0.3 is 5.97 Å². The number of ether oxygens (including phenoxy) is 1. The van der Waals surface area contributed by atoms with Crippen LogP contribution in [0.2, 0.25) is 0 Å². The normalized spacial score (nSPS) is 17.4. The van der Waals surface area contributed by atoms with Crippen LogP contribution in [-0.4, -0.2) is 41.2 Å². The van der Waals surface area contributed by atoms with E-state index in [1.165, 1.54) is 6.07 Å². The van der Waals surface area contributed by atoms with Gasteiger partial charge in [-0.3, -0.25) is 0 Å². The molecule has 1 fully saturated rings. The number of hydrogen-bond donors (Lipinski definition) is 2. The van der Waals surface area contributed by atoms with Gasteiger partial charge in [-0.15, -0.1) is 0 Å². The van der Waals surface area contributed by atoms with Crippen LogP contribution in [0.25, 0.3) is 0 Å². The zero-order valence-electron chi connectivity index (χ0n) is 12.0. The SMILES string of the molecule is CC(C)N1CCC(Oc2ccc(N)cc2C(=O)O)CC1. The Kier molecular flexibility index (Phi) is 4.49. The molecule has 1 heterocycles. The van der Waals surface area contributed by atoms with Crippen LogP contribution >= 0.6 is 0 Å². The van der Waals surface area contributed by atoms with Crippen molar-refractivity contribution in [2.45, 2.75) is 38.8 Å². The third-order valence-corrected chi connectivity index (χ3v) is 3.73. The molecule has 5 nitrogen and oxygen atoms in total. The highest BCUT2D eigenvalue weighted by Gasteiger charge is 2.23. The molecular weight excluding hydrogens is 256 g/mol. The Morgan fingerprint density at radius 2 is 2.05 bits per heavy atom. The van der Waals surface area contributed by atoms with Gasteiger partial charge in [-0.25, -0.2) is 4.79 Å². The van der Waals surface area contributed by atoms with Crippen molar-refractivity contribution in [3.05, 3.63) is 23.8 Å². The first-order chi connectivity index (χ1) is 9.47. The van der Waals surface area contributed by atoms with E-state index in [9.17, 15) is 9.90 Å². The summed E-state index contributed by atoms with van der Waals surface area (Å²) in [5.41, 5.74) is 6.19. The maximum Gasteiger partial charge on any atom is 0.339 e. The quantitative estimate of drug-likeness (QED) is 0.826. The first-order valence-electron chi connectivity index (χ1n) is 7.01. The highest BCUT2D eigenvalue weighted by molar-refractivity contribution is 5.92. The van der Waals surface area contributed by atoms with Crippen molar-refractivity contribution < 1.29 is 14.6 Å². The highest BCUT2D eigenvalue weighted by Crippen LogP contribution is 2.25. The summed E-state index contributed by atoms with van der Waals surface area (Å²) in [4.78, 5) is 13.6. The van der Waals surface area contributed by atoms with Crippen LogP contribution in [0, 0.1) is 0 Å². The third-order valence-electron chi connectivity index (χ3n) is 3.73. The van der Waals surface area contributed by atoms with Gasteiger partial charge in [0, 0.05) is 24.8 Å². The number of nitrogens with zero attached hydrogens (tertiary/aromatic N) is 1. The lowest BCUT2D eigenvalue weighted by molar-refractivity contribution is 0.0667. The van der Waals surface area contributed by atoms with Gasteiger partial charge in [-0.1, -0.05) is 0 Å². The van der Waals surface area contributed by atoms with Gasteiger partial charge in [0.2, 0.25) is 0 Å². The van der Waals surface area contributed by atoms with Gasteiger partial charge in [0.1, 0.15) is 17.4 Å². The number of rotatable bonds is 4. The lowest BCUT2D eigenvalue weighted by Gasteiger charge is -2.34.